The van der Waals surface area contributed by atoms with Crippen molar-refractivity contribution in [2.45, 2.75) is 61.1 Å². The molecule has 1 saturated carbocycles. The monoisotopic (exact) mass is 317 g/mol. The van der Waals surface area contributed by atoms with Gasteiger partial charge in [-0.1, -0.05) is 6.92 Å². The maximum Gasteiger partial charge on any atom is 0.311 e. The molecule has 22 heavy (non-hydrogen) atoms. The summed E-state index contributed by atoms with van der Waals surface area (Å²) >= 11 is 0. The number of ether oxygens (including phenoxy) is 2. The third kappa shape index (κ3) is 1.29. The van der Waals surface area contributed by atoms with Gasteiger partial charge in [-0.15, -0.1) is 0 Å². The molecule has 0 radical (unpaired) electrons. The SMILES string of the molecule is CCC1(O)C2O[C@]3(O)O[C@@H]1C(O)C1(NC(N)=NC(O)C21)[C@@H]3O. The van der Waals surface area contributed by atoms with Crippen molar-refractivity contribution >= 4 is 5.96 Å². The Kier molecular flexibility index (Phi) is 2.58. The van der Waals surface area contributed by atoms with Gasteiger partial charge in [0.1, 0.15) is 29.5 Å². The molecular weight excluding hydrogens is 298 g/mol. The zero-order valence-electron chi connectivity index (χ0n) is 11.7. The van der Waals surface area contributed by atoms with Crippen molar-refractivity contribution in [3.8, 4) is 0 Å². The molecule has 4 aliphatic heterocycles. The van der Waals surface area contributed by atoms with Crippen LogP contribution in [0.1, 0.15) is 13.3 Å². The lowest BCUT2D eigenvalue weighted by atomic mass is 9.54. The average molecular weight is 317 g/mol. The predicted molar refractivity (Wildman–Crippen MR) is 68.9 cm³/mol. The van der Waals surface area contributed by atoms with E-state index in [1.165, 1.54) is 0 Å². The summed E-state index contributed by atoms with van der Waals surface area (Å²) in [5, 5.41) is 55.4. The molecule has 0 aromatic rings. The molecule has 10 heteroatoms. The minimum absolute atomic E-state index is 0.143. The van der Waals surface area contributed by atoms with E-state index >= 15 is 0 Å². The molecule has 3 saturated heterocycles. The van der Waals surface area contributed by atoms with E-state index in [0.717, 1.165) is 0 Å². The van der Waals surface area contributed by atoms with Gasteiger partial charge in [-0.05, 0) is 6.42 Å². The summed E-state index contributed by atoms with van der Waals surface area (Å²) in [5.74, 6) is -3.61. The lowest BCUT2D eigenvalue weighted by Gasteiger charge is -2.71. The minimum atomic E-state index is -2.41. The summed E-state index contributed by atoms with van der Waals surface area (Å²) in [6.07, 6.45) is -6.78. The van der Waals surface area contributed by atoms with E-state index in [2.05, 4.69) is 10.3 Å². The maximum absolute atomic E-state index is 10.9. The third-order valence-corrected chi connectivity index (χ3v) is 5.53. The van der Waals surface area contributed by atoms with Crippen LogP contribution < -0.4 is 11.1 Å². The van der Waals surface area contributed by atoms with Crippen molar-refractivity contribution in [2.24, 2.45) is 16.6 Å². The fourth-order valence-electron chi connectivity index (χ4n) is 4.46. The number of rotatable bonds is 1. The second-order valence-corrected chi connectivity index (χ2v) is 6.41. The normalized spacial score (nSPS) is 62.4. The predicted octanol–water partition coefficient (Wildman–Crippen LogP) is -4.10. The van der Waals surface area contributed by atoms with Crippen LogP contribution in [0.25, 0.3) is 0 Å². The molecule has 0 aromatic carbocycles. The lowest BCUT2D eigenvalue weighted by molar-refractivity contribution is -0.547. The molecule has 0 aromatic heterocycles. The van der Waals surface area contributed by atoms with Gasteiger partial charge in [-0.3, -0.25) is 0 Å². The highest BCUT2D eigenvalue weighted by atomic mass is 16.9. The first-order chi connectivity index (χ1) is 10.2. The van der Waals surface area contributed by atoms with Gasteiger partial charge >= 0.3 is 5.97 Å². The van der Waals surface area contributed by atoms with Gasteiger partial charge in [-0.2, -0.15) is 0 Å². The Bertz CT molecular complexity index is 561. The average Bonchev–Trinajstić information content (AvgIpc) is 2.45. The van der Waals surface area contributed by atoms with Crippen LogP contribution in [0, 0.1) is 5.92 Å². The second-order valence-electron chi connectivity index (χ2n) is 6.41. The molecule has 1 spiro atoms. The largest absolute Gasteiger partial charge is 0.388 e. The van der Waals surface area contributed by atoms with Crippen LogP contribution in [0.5, 0.6) is 0 Å². The van der Waals surface area contributed by atoms with E-state index in [1.807, 2.05) is 0 Å². The van der Waals surface area contributed by atoms with Crippen LogP contribution >= 0.6 is 0 Å². The molecule has 5 aliphatic rings. The van der Waals surface area contributed by atoms with Gasteiger partial charge in [0.2, 0.25) is 0 Å². The summed E-state index contributed by atoms with van der Waals surface area (Å²) in [5.41, 5.74) is 2.34. The molecule has 5 rings (SSSR count). The summed E-state index contributed by atoms with van der Waals surface area (Å²) in [4.78, 5) is 3.78. The van der Waals surface area contributed by atoms with E-state index in [0.29, 0.717) is 0 Å². The first-order valence-corrected chi connectivity index (χ1v) is 7.16. The lowest BCUT2D eigenvalue weighted by Crippen LogP contribution is -2.95. The summed E-state index contributed by atoms with van der Waals surface area (Å²) in [6.45, 7) is 1.66. The standard InChI is InChI=1S/C12H19N3O7/c1-2-10(19)5-3-7(17)14-9(13)15-11(3)4(16)6(10)22-12(20,21-5)8(11)18/h3-8,16-20H,2H2,1H3,(H3,13,14,15)/t3?,4?,5?,6-,7?,8+,10?,11?,12+/m1/s1. The Morgan fingerprint density at radius 1 is 1.23 bits per heavy atom. The minimum Gasteiger partial charge on any atom is -0.388 e. The van der Waals surface area contributed by atoms with Crippen LogP contribution in [-0.2, 0) is 9.47 Å². The highest BCUT2D eigenvalue weighted by Gasteiger charge is 2.82. The summed E-state index contributed by atoms with van der Waals surface area (Å²) in [7, 11) is 0. The van der Waals surface area contributed by atoms with E-state index in [1.54, 1.807) is 6.92 Å². The van der Waals surface area contributed by atoms with Crippen LogP contribution in [0.2, 0.25) is 0 Å². The van der Waals surface area contributed by atoms with E-state index in [9.17, 15) is 25.5 Å². The Hall–Kier alpha value is -1.01. The molecule has 10 nitrogen and oxygen atoms in total. The van der Waals surface area contributed by atoms with Gasteiger partial charge in [0.15, 0.2) is 18.3 Å². The number of aliphatic hydroxyl groups excluding tert-OH is 3. The second kappa shape index (κ2) is 3.90. The maximum atomic E-state index is 10.9. The molecule has 4 fully saturated rings. The van der Waals surface area contributed by atoms with Crippen LogP contribution in [0.3, 0.4) is 0 Å². The number of aliphatic hydroxyl groups is 5. The summed E-state index contributed by atoms with van der Waals surface area (Å²) in [6, 6.07) is 0. The van der Waals surface area contributed by atoms with Crippen LogP contribution in [0.15, 0.2) is 4.99 Å². The topological polar surface area (TPSA) is 170 Å². The number of nitrogens with two attached hydrogens (primary N) is 1. The highest BCUT2D eigenvalue weighted by molar-refractivity contribution is 5.80. The molecule has 8 N–H and O–H groups in total. The van der Waals surface area contributed by atoms with Gasteiger partial charge in [-0.25, -0.2) is 4.99 Å². The quantitative estimate of drug-likeness (QED) is 0.254. The van der Waals surface area contributed by atoms with E-state index in [-0.39, 0.29) is 12.4 Å². The van der Waals surface area contributed by atoms with Crippen LogP contribution in [-0.4, -0.2) is 79.2 Å². The van der Waals surface area contributed by atoms with Gasteiger partial charge in [0, 0.05) is 0 Å². The molecule has 4 heterocycles. The van der Waals surface area contributed by atoms with Crippen LogP contribution in [0.4, 0.5) is 0 Å². The number of hydrogen-bond donors (Lipinski definition) is 7. The smallest absolute Gasteiger partial charge is 0.311 e. The van der Waals surface area contributed by atoms with Crippen molar-refractivity contribution in [1.82, 2.24) is 5.32 Å². The van der Waals surface area contributed by atoms with Crippen molar-refractivity contribution in [2.75, 3.05) is 0 Å². The van der Waals surface area contributed by atoms with Gasteiger partial charge in [0.05, 0.1) is 5.92 Å². The van der Waals surface area contributed by atoms with Gasteiger partial charge in [0.25, 0.3) is 0 Å². The number of hydrogen-bond acceptors (Lipinski definition) is 10. The Morgan fingerprint density at radius 2 is 1.86 bits per heavy atom. The first-order valence-electron chi connectivity index (χ1n) is 7.16. The van der Waals surface area contributed by atoms with E-state index in [4.69, 9.17) is 15.2 Å². The zero-order valence-corrected chi connectivity index (χ0v) is 11.7. The zero-order chi connectivity index (χ0) is 16.1. The fourth-order valence-corrected chi connectivity index (χ4v) is 4.46. The Labute approximate surface area is 125 Å². The molecular formula is C12H19N3O7. The number of nitrogens with one attached hydrogen (secondary N) is 1. The van der Waals surface area contributed by atoms with Crippen molar-refractivity contribution in [3.05, 3.63) is 0 Å². The van der Waals surface area contributed by atoms with Crippen molar-refractivity contribution < 1.29 is 35.0 Å². The first kappa shape index (κ1) is 14.6. The number of aliphatic imine (C=N–C) groups is 1. The highest BCUT2D eigenvalue weighted by Crippen LogP contribution is 2.59. The van der Waals surface area contributed by atoms with Crippen molar-refractivity contribution in [1.29, 1.82) is 0 Å². The number of nitrogens with zero attached hydrogens (tertiary/aromatic N) is 1. The summed E-state index contributed by atoms with van der Waals surface area (Å²) < 4.78 is 10.6. The Balaban J connectivity index is 1.95. The Morgan fingerprint density at radius 3 is 2.50 bits per heavy atom. The van der Waals surface area contributed by atoms with Gasteiger partial charge < -0.3 is 46.1 Å². The van der Waals surface area contributed by atoms with Crippen molar-refractivity contribution in [3.63, 3.8) is 0 Å². The molecule has 0 amide bonds. The number of guanidine groups is 1. The fraction of sp³-hybridized carbons (Fsp3) is 0.917. The molecule has 4 bridgehead atoms. The molecule has 1 aliphatic carbocycles. The van der Waals surface area contributed by atoms with E-state index < -0.39 is 53.7 Å². The molecule has 6 unspecified atom stereocenters. The molecule has 9 atom stereocenters. The third-order valence-electron chi connectivity index (χ3n) is 5.53. The molecule has 124 valence electrons.